The number of aromatic nitrogens is 1. The zero-order chi connectivity index (χ0) is 36.2. The first-order valence-corrected chi connectivity index (χ1v) is 18.0. The van der Waals surface area contributed by atoms with Crippen molar-refractivity contribution in [3.05, 3.63) is 138 Å². The predicted octanol–water partition coefficient (Wildman–Crippen LogP) is 7.14. The molecule has 0 fully saturated rings. The summed E-state index contributed by atoms with van der Waals surface area (Å²) >= 11 is 0. The van der Waals surface area contributed by atoms with E-state index in [0.717, 1.165) is 28.0 Å². The van der Waals surface area contributed by atoms with Crippen molar-refractivity contribution in [2.45, 2.75) is 13.0 Å². The number of fused-ring (bicyclic) bond motifs is 3. The standard InChI is InChI=1S/C39H32N4O8S/c1-52(47,48)51-16-14-32-31-9-5-6-10-33(31)37(43(24-44)50-22-25-7-3-2-4-8-25)21-35(32)42-39(46)36-20-27-19-30(11-12-34(27)41-36)40-38(45)28-17-26-13-15-49-23-29(26)18-28/h2-13,15,17-21,23-24,41H,14,16,22H2,1H3,(H,40,45)(H,42,46). The molecule has 1 aliphatic carbocycles. The van der Waals surface area contributed by atoms with Crippen molar-refractivity contribution in [3.8, 4) is 11.1 Å². The number of H-pyrrole nitrogens is 1. The van der Waals surface area contributed by atoms with E-state index in [0.29, 0.717) is 56.3 Å². The molecule has 2 heterocycles. The van der Waals surface area contributed by atoms with Gasteiger partial charge in [-0.2, -0.15) is 13.5 Å². The second-order valence-corrected chi connectivity index (χ2v) is 13.7. The van der Waals surface area contributed by atoms with Crippen LogP contribution in [0.5, 0.6) is 0 Å². The molecule has 52 heavy (non-hydrogen) atoms. The average Bonchev–Trinajstić information content (AvgIpc) is 3.78. The number of hydrogen-bond donors (Lipinski definition) is 3. The van der Waals surface area contributed by atoms with E-state index in [1.165, 1.54) is 0 Å². The Hall–Kier alpha value is -6.28. The van der Waals surface area contributed by atoms with Gasteiger partial charge in [-0.3, -0.25) is 23.4 Å². The first-order valence-electron chi connectivity index (χ1n) is 16.2. The number of amides is 3. The fourth-order valence-electron chi connectivity index (χ4n) is 6.02. The molecule has 3 amide bonds. The maximum Gasteiger partial charge on any atom is 0.272 e. The third kappa shape index (κ3) is 7.56. The molecular weight excluding hydrogens is 685 g/mol. The number of rotatable bonds is 13. The number of nitrogens with zero attached hydrogens (tertiary/aromatic N) is 1. The minimum absolute atomic E-state index is 0.108. The highest BCUT2D eigenvalue weighted by atomic mass is 32.2. The Kier molecular flexibility index (Phi) is 9.55. The van der Waals surface area contributed by atoms with E-state index in [4.69, 9.17) is 13.4 Å². The molecule has 4 aromatic carbocycles. The van der Waals surface area contributed by atoms with Crippen LogP contribution in [0, 0.1) is 0 Å². The second kappa shape index (κ2) is 14.5. The molecule has 1 aliphatic heterocycles. The van der Waals surface area contributed by atoms with Gasteiger partial charge in [0.2, 0.25) is 6.41 Å². The SMILES string of the molecule is CS(=O)(=O)OCCc1c(NC(=O)c2cc3cc(NC(=O)c4cc5ccocc-5c4)ccc3[nH]2)cc(N(C=O)OCc2ccccc2)c2ccccc12. The Morgan fingerprint density at radius 1 is 0.865 bits per heavy atom. The van der Waals surface area contributed by atoms with Gasteiger partial charge in [0, 0.05) is 38.8 Å². The van der Waals surface area contributed by atoms with Gasteiger partial charge in [-0.1, -0.05) is 54.6 Å². The number of anilines is 3. The van der Waals surface area contributed by atoms with Crippen LogP contribution in [0.15, 0.2) is 120 Å². The van der Waals surface area contributed by atoms with E-state index in [9.17, 15) is 22.8 Å². The minimum atomic E-state index is -3.73. The number of benzene rings is 4. The third-order valence-corrected chi connectivity index (χ3v) is 9.04. The lowest BCUT2D eigenvalue weighted by molar-refractivity contribution is -0.114. The number of nitrogens with one attached hydrogen (secondary N) is 3. The molecule has 0 atom stereocenters. The monoisotopic (exact) mass is 716 g/mol. The van der Waals surface area contributed by atoms with E-state index in [1.807, 2.05) is 42.5 Å². The van der Waals surface area contributed by atoms with E-state index < -0.39 is 16.0 Å². The van der Waals surface area contributed by atoms with Crippen molar-refractivity contribution in [2.24, 2.45) is 0 Å². The van der Waals surface area contributed by atoms with Crippen LogP contribution in [0.25, 0.3) is 32.8 Å². The van der Waals surface area contributed by atoms with Gasteiger partial charge in [-0.15, -0.1) is 0 Å². The van der Waals surface area contributed by atoms with E-state index in [2.05, 4.69) is 15.6 Å². The summed E-state index contributed by atoms with van der Waals surface area (Å²) in [5, 5.41) is 8.94. The number of carbonyl (C=O) groups is 3. The Bertz CT molecular complexity index is 2480. The molecule has 12 nitrogen and oxygen atoms in total. The van der Waals surface area contributed by atoms with Crippen molar-refractivity contribution >= 4 is 67.1 Å². The average molecular weight is 717 g/mol. The number of carbonyl (C=O) groups excluding carboxylic acids is 3. The summed E-state index contributed by atoms with van der Waals surface area (Å²) in [6, 6.07) is 30.4. The van der Waals surface area contributed by atoms with Crippen LogP contribution >= 0.6 is 0 Å². The van der Waals surface area contributed by atoms with Gasteiger partial charge in [-0.25, -0.2) is 0 Å². The molecule has 13 heteroatoms. The second-order valence-electron chi connectivity index (χ2n) is 12.0. The van der Waals surface area contributed by atoms with E-state index >= 15 is 0 Å². The van der Waals surface area contributed by atoms with Gasteiger partial charge in [0.05, 0.1) is 31.1 Å². The predicted molar refractivity (Wildman–Crippen MR) is 198 cm³/mol. The van der Waals surface area contributed by atoms with Crippen molar-refractivity contribution in [1.29, 1.82) is 0 Å². The highest BCUT2D eigenvalue weighted by Crippen LogP contribution is 2.36. The topological polar surface area (TPSA) is 160 Å². The smallest absolute Gasteiger partial charge is 0.272 e. The fourth-order valence-corrected chi connectivity index (χ4v) is 6.41. The first kappa shape index (κ1) is 34.2. The Morgan fingerprint density at radius 2 is 1.63 bits per heavy atom. The number of aromatic amines is 1. The van der Waals surface area contributed by atoms with Crippen molar-refractivity contribution in [3.63, 3.8) is 0 Å². The molecule has 0 unspecified atom stereocenters. The molecule has 0 saturated carbocycles. The van der Waals surface area contributed by atoms with E-state index in [-0.39, 0.29) is 31.2 Å². The Balaban J connectivity index is 1.18. The van der Waals surface area contributed by atoms with Gasteiger partial charge in [0.15, 0.2) is 0 Å². The molecule has 7 rings (SSSR count). The summed E-state index contributed by atoms with van der Waals surface area (Å²) in [4.78, 5) is 48.3. The van der Waals surface area contributed by atoms with Crippen LogP contribution < -0.4 is 15.7 Å². The first-order chi connectivity index (χ1) is 25.1. The zero-order valence-corrected chi connectivity index (χ0v) is 28.6. The van der Waals surface area contributed by atoms with Gasteiger partial charge < -0.3 is 20.0 Å². The normalized spacial score (nSPS) is 11.6. The quantitative estimate of drug-likeness (QED) is 0.0645. The van der Waals surface area contributed by atoms with Gasteiger partial charge in [0.1, 0.15) is 12.3 Å². The largest absolute Gasteiger partial charge is 0.472 e. The maximum atomic E-state index is 13.8. The summed E-state index contributed by atoms with van der Waals surface area (Å²) in [6.45, 7) is -0.0687. The minimum Gasteiger partial charge on any atom is -0.472 e. The molecule has 3 N–H and O–H groups in total. The Labute approximate surface area is 298 Å². The fraction of sp³-hybridized carbons (Fsp3) is 0.103. The van der Waals surface area contributed by atoms with Gasteiger partial charge in [-0.05, 0) is 77.0 Å². The van der Waals surface area contributed by atoms with Gasteiger partial charge >= 0.3 is 0 Å². The van der Waals surface area contributed by atoms with Crippen molar-refractivity contribution in [2.75, 3.05) is 28.6 Å². The zero-order valence-electron chi connectivity index (χ0n) is 27.8. The summed E-state index contributed by atoms with van der Waals surface area (Å²) in [6.07, 6.45) is 4.77. The third-order valence-electron chi connectivity index (χ3n) is 8.44. The molecule has 5 aromatic rings. The molecule has 0 spiro atoms. The molecule has 262 valence electrons. The number of hydroxylamine groups is 1. The van der Waals surface area contributed by atoms with E-state index in [1.54, 1.807) is 73.2 Å². The summed E-state index contributed by atoms with van der Waals surface area (Å²) in [5.74, 6) is -0.786. The molecule has 0 radical (unpaired) electrons. The summed E-state index contributed by atoms with van der Waals surface area (Å²) in [7, 11) is -3.73. The highest BCUT2D eigenvalue weighted by molar-refractivity contribution is 7.85. The van der Waals surface area contributed by atoms with Crippen molar-refractivity contribution < 1.29 is 36.2 Å². The Morgan fingerprint density at radius 3 is 2.40 bits per heavy atom. The number of hydrogen-bond acceptors (Lipinski definition) is 8. The maximum absolute atomic E-state index is 13.8. The summed E-state index contributed by atoms with van der Waals surface area (Å²) < 4.78 is 33.8. The van der Waals surface area contributed by atoms with Crippen LogP contribution in [0.1, 0.15) is 32.0 Å². The lowest BCUT2D eigenvalue weighted by atomic mass is 9.98. The highest BCUT2D eigenvalue weighted by Gasteiger charge is 2.21. The molecule has 0 bridgehead atoms. The van der Waals surface area contributed by atoms with Crippen LogP contribution in [-0.4, -0.2) is 44.5 Å². The van der Waals surface area contributed by atoms with Crippen LogP contribution in [-0.2, 0) is 37.0 Å². The molecule has 0 saturated heterocycles. The van der Waals surface area contributed by atoms with Gasteiger partial charge in [0.25, 0.3) is 21.9 Å². The molecular formula is C39H32N4O8S. The van der Waals surface area contributed by atoms with Crippen LogP contribution in [0.4, 0.5) is 17.1 Å². The summed E-state index contributed by atoms with van der Waals surface area (Å²) in [5.41, 5.74) is 5.74. The van der Waals surface area contributed by atoms with Crippen LogP contribution in [0.3, 0.4) is 0 Å². The molecule has 1 aromatic heterocycles. The van der Waals surface area contributed by atoms with Crippen molar-refractivity contribution in [1.82, 2.24) is 4.98 Å². The lowest BCUT2D eigenvalue weighted by Gasteiger charge is -2.23. The molecule has 2 aliphatic rings. The lowest BCUT2D eigenvalue weighted by Crippen LogP contribution is -2.23. The van der Waals surface area contributed by atoms with Crippen LogP contribution in [0.2, 0.25) is 0 Å².